The molecule has 0 amide bonds. The maximum Gasteiger partial charge on any atom is 0.282 e. The van der Waals surface area contributed by atoms with Crippen LogP contribution in [0.25, 0.3) is 0 Å². The summed E-state index contributed by atoms with van der Waals surface area (Å²) in [5.74, 6) is 0.155. The summed E-state index contributed by atoms with van der Waals surface area (Å²) in [7, 11) is 0. The fraction of sp³-hybridized carbons (Fsp3) is 0.485. The second-order valence-electron chi connectivity index (χ2n) is 13.3. The minimum atomic E-state index is -2.76. The number of pyridine rings is 1. The zero-order valence-electron chi connectivity index (χ0n) is 26.4. The Morgan fingerprint density at radius 2 is 1.94 bits per heavy atom. The zero-order valence-corrected chi connectivity index (χ0v) is 27.1. The summed E-state index contributed by atoms with van der Waals surface area (Å²) in [6.07, 6.45) is 6.84. The van der Waals surface area contributed by atoms with Gasteiger partial charge >= 0.3 is 0 Å². The molecule has 14 heteroatoms. The van der Waals surface area contributed by atoms with Crippen LogP contribution >= 0.6 is 11.6 Å². The third-order valence-electron chi connectivity index (χ3n) is 9.20. The molecule has 0 bridgehead atoms. The fourth-order valence-electron chi connectivity index (χ4n) is 6.88. The highest BCUT2D eigenvalue weighted by Crippen LogP contribution is 2.53. The Morgan fingerprint density at radius 1 is 1.17 bits per heavy atom. The van der Waals surface area contributed by atoms with Gasteiger partial charge in [-0.05, 0) is 87.4 Å². The normalized spacial score (nSPS) is 19.3. The van der Waals surface area contributed by atoms with Crippen molar-refractivity contribution in [3.63, 3.8) is 0 Å². The van der Waals surface area contributed by atoms with Crippen LogP contribution in [0.3, 0.4) is 0 Å². The Hall–Kier alpha value is -4.05. The van der Waals surface area contributed by atoms with Crippen LogP contribution in [0.4, 0.5) is 19.0 Å². The summed E-state index contributed by atoms with van der Waals surface area (Å²) in [6, 6.07) is 6.30. The molecule has 0 radical (unpaired) electrons. The third-order valence-corrected chi connectivity index (χ3v) is 9.36. The van der Waals surface area contributed by atoms with Crippen LogP contribution in [0.15, 0.2) is 43.2 Å². The number of ether oxygens (including phenoxy) is 2. The van der Waals surface area contributed by atoms with Crippen LogP contribution in [0, 0.1) is 22.5 Å². The van der Waals surface area contributed by atoms with Gasteiger partial charge in [-0.2, -0.15) is 4.98 Å². The molecule has 9 nitrogen and oxygen atoms in total. The average molecular weight is 666 g/mol. The van der Waals surface area contributed by atoms with E-state index in [2.05, 4.69) is 51.9 Å². The molecule has 1 aromatic carbocycles. The highest BCUT2D eigenvalue weighted by molar-refractivity contribution is 6.66. The van der Waals surface area contributed by atoms with Crippen LogP contribution in [-0.4, -0.2) is 58.0 Å². The SMILES string of the molecule is C=CNC(C)C.N#CB1CCc2nccc(OC3CC4(C3)CN(c3nc(Cl)nnc3Oc3ccc(F)cc3C3CC(F)(F)C3)C4)c2C1. The van der Waals surface area contributed by atoms with E-state index < -0.39 is 17.7 Å². The molecule has 1 spiro atoms. The van der Waals surface area contributed by atoms with Crippen molar-refractivity contribution in [2.75, 3.05) is 18.0 Å². The van der Waals surface area contributed by atoms with Crippen LogP contribution < -0.4 is 19.7 Å². The summed E-state index contributed by atoms with van der Waals surface area (Å²) in [6.45, 7) is 9.00. The van der Waals surface area contributed by atoms with Crippen molar-refractivity contribution in [2.24, 2.45) is 5.41 Å². The summed E-state index contributed by atoms with van der Waals surface area (Å²) >= 11 is 6.08. The Labute approximate surface area is 277 Å². The first kappa shape index (κ1) is 32.9. The summed E-state index contributed by atoms with van der Waals surface area (Å²) in [5.41, 5.74) is 2.50. The predicted molar refractivity (Wildman–Crippen MR) is 173 cm³/mol. The molecule has 3 aromatic rings. The lowest BCUT2D eigenvalue weighted by molar-refractivity contribution is -0.0870. The molecule has 47 heavy (non-hydrogen) atoms. The van der Waals surface area contributed by atoms with Crippen molar-refractivity contribution in [3.05, 3.63) is 71.2 Å². The summed E-state index contributed by atoms with van der Waals surface area (Å²) in [4.78, 5) is 10.8. The second kappa shape index (κ2) is 13.2. The van der Waals surface area contributed by atoms with E-state index in [0.717, 1.165) is 42.6 Å². The first-order valence-electron chi connectivity index (χ1n) is 15.9. The van der Waals surface area contributed by atoms with Crippen molar-refractivity contribution in [1.29, 1.82) is 5.26 Å². The third kappa shape index (κ3) is 7.27. The highest BCUT2D eigenvalue weighted by atomic mass is 35.5. The Morgan fingerprint density at radius 3 is 2.60 bits per heavy atom. The van der Waals surface area contributed by atoms with Crippen molar-refractivity contribution in [3.8, 4) is 23.3 Å². The van der Waals surface area contributed by atoms with Gasteiger partial charge in [-0.1, -0.05) is 12.9 Å². The lowest BCUT2D eigenvalue weighted by Crippen LogP contribution is -2.65. The number of halogens is 4. The van der Waals surface area contributed by atoms with Crippen LogP contribution in [0.5, 0.6) is 17.4 Å². The summed E-state index contributed by atoms with van der Waals surface area (Å²) in [5, 5.41) is 20.2. The number of rotatable bonds is 8. The van der Waals surface area contributed by atoms with Crippen LogP contribution in [0.1, 0.15) is 62.3 Å². The summed E-state index contributed by atoms with van der Waals surface area (Å²) < 4.78 is 53.5. The van der Waals surface area contributed by atoms with Gasteiger partial charge in [0.2, 0.25) is 11.2 Å². The standard InChI is InChI=1S/C28H25BClF3N6O2.C5H11N/c30-26-36-24(25(37-38-26)41-22-2-1-17(31)7-19(22)16-8-28(32,33)9-16)39-13-27(14-39)10-18(11-27)40-23-4-6-35-21-3-5-29(15-34)12-20(21)23;1-4-6-5(2)3/h1-2,4,6-7,16,18H,3,5,8-14H2;4-6H,1H2,2-3H3. The number of aryl methyl sites for hydroxylation is 1. The largest absolute Gasteiger partial charge is 0.490 e. The molecule has 2 aliphatic carbocycles. The number of fused-ring (bicyclic) bond motifs is 1. The van der Waals surface area contributed by atoms with Crippen molar-refractivity contribution in [2.45, 2.75) is 82.6 Å². The molecule has 246 valence electrons. The number of alkyl halides is 2. The molecule has 4 heterocycles. The van der Waals surface area contributed by atoms with Gasteiger partial charge in [0.25, 0.3) is 12.6 Å². The molecule has 0 atom stereocenters. The van der Waals surface area contributed by atoms with Crippen molar-refractivity contribution >= 4 is 24.1 Å². The van der Waals surface area contributed by atoms with E-state index >= 15 is 0 Å². The number of nitrogens with one attached hydrogen (secondary N) is 1. The first-order chi connectivity index (χ1) is 22.5. The van der Waals surface area contributed by atoms with Gasteiger partial charge in [-0.15, -0.1) is 10.2 Å². The number of aromatic nitrogens is 4. The highest BCUT2D eigenvalue weighted by Gasteiger charge is 2.55. The molecule has 7 rings (SSSR count). The van der Waals surface area contributed by atoms with E-state index in [9.17, 15) is 18.4 Å². The van der Waals surface area contributed by atoms with E-state index in [1.54, 1.807) is 12.4 Å². The molecular formula is C33H36BClF3N7O2. The lowest BCUT2D eigenvalue weighted by Gasteiger charge is -2.58. The molecule has 0 unspecified atom stereocenters. The molecule has 2 saturated carbocycles. The zero-order chi connectivity index (χ0) is 33.3. The van der Waals surface area contributed by atoms with Gasteiger partial charge < -0.3 is 19.7 Å². The van der Waals surface area contributed by atoms with Gasteiger partial charge in [-0.3, -0.25) is 4.98 Å². The molecule has 1 N–H and O–H groups in total. The minimum Gasteiger partial charge on any atom is -0.490 e. The molecule has 2 aromatic heterocycles. The number of hydrogen-bond acceptors (Lipinski definition) is 9. The Kier molecular flexibility index (Phi) is 9.25. The first-order valence-corrected chi connectivity index (χ1v) is 16.2. The quantitative estimate of drug-likeness (QED) is 0.262. The van der Waals surface area contributed by atoms with Gasteiger partial charge in [0, 0.05) is 66.4 Å². The number of hydrogen-bond donors (Lipinski definition) is 1. The second-order valence-corrected chi connectivity index (χ2v) is 13.6. The molecule has 4 aliphatic rings. The van der Waals surface area contributed by atoms with E-state index in [1.807, 2.05) is 11.0 Å². The van der Waals surface area contributed by atoms with Crippen molar-refractivity contribution in [1.82, 2.24) is 25.5 Å². The number of benzene rings is 1. The number of nitrogens with zero attached hydrogens (tertiary/aromatic N) is 6. The smallest absolute Gasteiger partial charge is 0.282 e. The monoisotopic (exact) mass is 665 g/mol. The van der Waals surface area contributed by atoms with Crippen molar-refractivity contribution < 1.29 is 22.6 Å². The number of nitriles is 1. The average Bonchev–Trinajstić information content (AvgIpc) is 2.98. The van der Waals surface area contributed by atoms with Gasteiger partial charge in [0.05, 0.1) is 0 Å². The maximum atomic E-state index is 14.0. The Bertz CT molecular complexity index is 1670. The van der Waals surface area contributed by atoms with E-state index in [-0.39, 0.29) is 48.0 Å². The predicted octanol–water partition coefficient (Wildman–Crippen LogP) is 6.74. The number of anilines is 1. The minimum absolute atomic E-state index is 0.00710. The van der Waals surface area contributed by atoms with E-state index in [0.29, 0.717) is 36.8 Å². The van der Waals surface area contributed by atoms with Crippen LogP contribution in [-0.2, 0) is 12.7 Å². The topological polar surface area (TPSA) is 109 Å². The molecular weight excluding hydrogens is 630 g/mol. The van der Waals surface area contributed by atoms with Gasteiger partial charge in [-0.25, -0.2) is 18.4 Å². The van der Waals surface area contributed by atoms with E-state index in [1.165, 1.54) is 18.2 Å². The molecule has 2 aliphatic heterocycles. The lowest BCUT2D eigenvalue weighted by atomic mass is 9.42. The molecule has 1 saturated heterocycles. The molecule has 3 fully saturated rings. The maximum absolute atomic E-state index is 14.0. The Balaban J connectivity index is 0.000000591. The van der Waals surface area contributed by atoms with Crippen LogP contribution in [0.2, 0.25) is 11.6 Å². The fourth-order valence-corrected chi connectivity index (χ4v) is 7.00. The van der Waals surface area contributed by atoms with Gasteiger partial charge in [0.1, 0.15) is 23.4 Å². The van der Waals surface area contributed by atoms with Gasteiger partial charge in [0.15, 0.2) is 5.82 Å². The van der Waals surface area contributed by atoms with E-state index in [4.69, 9.17) is 21.1 Å².